The first kappa shape index (κ1) is 20.4. The quantitative estimate of drug-likeness (QED) is 0.739. The molecule has 0 radical (unpaired) electrons. The number of ether oxygens (including phenoxy) is 1. The summed E-state index contributed by atoms with van der Waals surface area (Å²) in [7, 11) is -6.35. The second kappa shape index (κ2) is 7.57. The van der Waals surface area contributed by atoms with E-state index in [0.717, 1.165) is 19.7 Å². The maximum absolute atomic E-state index is 13.0. The molecule has 2 aromatic carbocycles. The Morgan fingerprint density at radius 3 is 1.71 bits per heavy atom. The number of hydrogen-bond acceptors (Lipinski definition) is 5. The van der Waals surface area contributed by atoms with Crippen LogP contribution in [0.1, 0.15) is 11.1 Å². The topological polar surface area (TPSA) is 84.0 Å². The average molecular weight is 423 g/mol. The zero-order chi connectivity index (χ0) is 20.5. The number of hydrogen-bond donors (Lipinski definition) is 0. The molecule has 0 saturated heterocycles. The van der Waals surface area contributed by atoms with Crippen molar-refractivity contribution in [3.8, 4) is 0 Å². The van der Waals surface area contributed by atoms with Crippen molar-refractivity contribution < 1.29 is 21.6 Å². The molecule has 150 valence electrons. The first-order valence-electron chi connectivity index (χ1n) is 8.56. The molecule has 0 saturated carbocycles. The van der Waals surface area contributed by atoms with Crippen LogP contribution < -0.4 is 0 Å². The van der Waals surface area contributed by atoms with Gasteiger partial charge in [0.25, 0.3) is 20.0 Å². The normalized spacial score (nSPS) is 17.8. The Morgan fingerprint density at radius 1 is 0.786 bits per heavy atom. The maximum atomic E-state index is 13.0. The van der Waals surface area contributed by atoms with Crippen molar-refractivity contribution in [1.29, 1.82) is 0 Å². The Bertz CT molecular complexity index is 1080. The number of benzene rings is 2. The van der Waals surface area contributed by atoms with Crippen molar-refractivity contribution in [2.75, 3.05) is 13.7 Å². The Hall–Kier alpha value is -2.36. The van der Waals surface area contributed by atoms with Crippen LogP contribution in [0.2, 0.25) is 0 Å². The highest BCUT2D eigenvalue weighted by Gasteiger charge is 2.36. The van der Waals surface area contributed by atoms with Gasteiger partial charge in [-0.15, -0.1) is 0 Å². The summed E-state index contributed by atoms with van der Waals surface area (Å²) in [5.74, 6) is 0. The van der Waals surface area contributed by atoms with Gasteiger partial charge in [0.2, 0.25) is 0 Å². The van der Waals surface area contributed by atoms with Gasteiger partial charge in [-0.05, 0) is 38.1 Å². The predicted octanol–water partition coefficient (Wildman–Crippen LogP) is 2.44. The molecule has 1 aliphatic rings. The van der Waals surface area contributed by atoms with Gasteiger partial charge in [-0.25, -0.2) is 21.1 Å². The van der Waals surface area contributed by atoms with Crippen LogP contribution in [-0.2, 0) is 24.8 Å². The second-order valence-corrected chi connectivity index (χ2v) is 10.3. The molecule has 0 aliphatic carbocycles. The van der Waals surface area contributed by atoms with Crippen molar-refractivity contribution in [2.45, 2.75) is 29.9 Å². The molecular formula is C19H22N2O5S2. The minimum atomic E-state index is -3.88. The van der Waals surface area contributed by atoms with Crippen molar-refractivity contribution in [2.24, 2.45) is 0 Å². The van der Waals surface area contributed by atoms with E-state index in [-0.39, 0.29) is 16.3 Å². The Balaban J connectivity index is 1.94. The molecular weight excluding hydrogens is 400 g/mol. The van der Waals surface area contributed by atoms with E-state index < -0.39 is 26.3 Å². The number of rotatable bonds is 5. The van der Waals surface area contributed by atoms with E-state index in [1.54, 1.807) is 24.3 Å². The molecule has 0 amide bonds. The van der Waals surface area contributed by atoms with Crippen LogP contribution in [0.5, 0.6) is 0 Å². The van der Waals surface area contributed by atoms with Gasteiger partial charge in [0.1, 0.15) is 0 Å². The van der Waals surface area contributed by atoms with Crippen LogP contribution in [0.4, 0.5) is 0 Å². The zero-order valence-electron chi connectivity index (χ0n) is 15.8. The third-order valence-corrected chi connectivity index (χ3v) is 8.03. The number of nitrogens with zero attached hydrogens (tertiary/aromatic N) is 2. The number of sulfonamides is 2. The minimum absolute atomic E-state index is 0.111. The largest absolute Gasteiger partial charge is 0.359 e. The van der Waals surface area contributed by atoms with E-state index >= 15 is 0 Å². The second-order valence-electron chi connectivity index (χ2n) is 6.52. The van der Waals surface area contributed by atoms with Gasteiger partial charge in [0.05, 0.1) is 16.3 Å². The third kappa shape index (κ3) is 3.78. The fourth-order valence-electron chi connectivity index (χ4n) is 2.80. The third-order valence-electron chi connectivity index (χ3n) is 4.50. The lowest BCUT2D eigenvalue weighted by Gasteiger charge is -2.36. The average Bonchev–Trinajstić information content (AvgIpc) is 2.68. The van der Waals surface area contributed by atoms with Crippen LogP contribution in [0, 0.1) is 13.8 Å². The molecule has 1 unspecified atom stereocenters. The fourth-order valence-corrected chi connectivity index (χ4v) is 5.49. The van der Waals surface area contributed by atoms with E-state index in [1.165, 1.54) is 43.8 Å². The van der Waals surface area contributed by atoms with Crippen LogP contribution >= 0.6 is 0 Å². The number of methoxy groups -OCH3 is 1. The summed E-state index contributed by atoms with van der Waals surface area (Å²) in [6.07, 6.45) is 1.48. The zero-order valence-corrected chi connectivity index (χ0v) is 17.4. The minimum Gasteiger partial charge on any atom is -0.359 e. The standard InChI is InChI=1S/C19H22N2O5S2/c1-15-4-8-17(9-5-15)27(22,23)20-12-13-21(19(14-20)26-3)28(24,25)18-10-6-16(2)7-11-18/h4-13,19H,14H2,1-3H3. The lowest BCUT2D eigenvalue weighted by Crippen LogP contribution is -2.48. The Labute approximate surface area is 166 Å². The number of aryl methyl sites for hydroxylation is 2. The highest BCUT2D eigenvalue weighted by atomic mass is 32.2. The van der Waals surface area contributed by atoms with Gasteiger partial charge in [-0.3, -0.25) is 4.31 Å². The monoisotopic (exact) mass is 422 g/mol. The van der Waals surface area contributed by atoms with Gasteiger partial charge in [0.15, 0.2) is 6.23 Å². The summed E-state index contributed by atoms with van der Waals surface area (Å²) >= 11 is 0. The molecule has 9 heteroatoms. The van der Waals surface area contributed by atoms with Gasteiger partial charge >= 0.3 is 0 Å². The van der Waals surface area contributed by atoms with E-state index in [0.29, 0.717) is 0 Å². The molecule has 1 heterocycles. The SMILES string of the molecule is COC1CN(S(=O)(=O)c2ccc(C)cc2)C=CN1S(=O)(=O)c1ccc(C)cc1. The Kier molecular flexibility index (Phi) is 5.51. The molecule has 7 nitrogen and oxygen atoms in total. The lowest BCUT2D eigenvalue weighted by molar-refractivity contribution is 0.0200. The summed E-state index contributed by atoms with van der Waals surface area (Å²) < 4.78 is 59.1. The van der Waals surface area contributed by atoms with E-state index in [1.807, 2.05) is 13.8 Å². The molecule has 2 aromatic rings. The van der Waals surface area contributed by atoms with Gasteiger partial charge in [0, 0.05) is 19.5 Å². The molecule has 1 atom stereocenters. The molecule has 0 spiro atoms. The van der Waals surface area contributed by atoms with Crippen LogP contribution in [0.15, 0.2) is 70.7 Å². The summed E-state index contributed by atoms with van der Waals surface area (Å²) in [4.78, 5) is 0.243. The van der Waals surface area contributed by atoms with Crippen molar-refractivity contribution in [1.82, 2.24) is 8.61 Å². The first-order valence-corrected chi connectivity index (χ1v) is 11.4. The molecule has 28 heavy (non-hydrogen) atoms. The summed E-state index contributed by atoms with van der Waals surface area (Å²) in [5, 5.41) is 0. The highest BCUT2D eigenvalue weighted by Crippen LogP contribution is 2.26. The Morgan fingerprint density at radius 2 is 1.25 bits per heavy atom. The molecule has 0 bridgehead atoms. The van der Waals surface area contributed by atoms with Crippen LogP contribution in [-0.4, -0.2) is 45.3 Å². The molecule has 0 N–H and O–H groups in total. The fraction of sp³-hybridized carbons (Fsp3) is 0.263. The van der Waals surface area contributed by atoms with Crippen molar-refractivity contribution in [3.63, 3.8) is 0 Å². The molecule has 0 aromatic heterocycles. The van der Waals surface area contributed by atoms with Gasteiger partial charge in [-0.2, -0.15) is 0 Å². The smallest absolute Gasteiger partial charge is 0.266 e. The summed E-state index contributed by atoms with van der Waals surface area (Å²) in [5.41, 5.74) is 1.88. The van der Waals surface area contributed by atoms with Gasteiger partial charge < -0.3 is 4.74 Å². The summed E-state index contributed by atoms with van der Waals surface area (Å²) in [6.45, 7) is 3.57. The molecule has 0 fully saturated rings. The predicted molar refractivity (Wildman–Crippen MR) is 105 cm³/mol. The highest BCUT2D eigenvalue weighted by molar-refractivity contribution is 7.89. The lowest BCUT2D eigenvalue weighted by atomic mass is 10.2. The van der Waals surface area contributed by atoms with Crippen molar-refractivity contribution >= 4 is 20.0 Å². The van der Waals surface area contributed by atoms with Crippen LogP contribution in [0.25, 0.3) is 0 Å². The van der Waals surface area contributed by atoms with Crippen LogP contribution in [0.3, 0.4) is 0 Å². The molecule has 3 rings (SSSR count). The van der Waals surface area contributed by atoms with E-state index in [9.17, 15) is 16.8 Å². The first-order chi connectivity index (χ1) is 13.2. The maximum Gasteiger partial charge on any atom is 0.266 e. The van der Waals surface area contributed by atoms with Gasteiger partial charge in [-0.1, -0.05) is 35.4 Å². The van der Waals surface area contributed by atoms with E-state index in [2.05, 4.69) is 0 Å². The van der Waals surface area contributed by atoms with Crippen molar-refractivity contribution in [3.05, 3.63) is 72.1 Å². The molecule has 1 aliphatic heterocycles. The summed E-state index contributed by atoms with van der Waals surface area (Å²) in [6, 6.07) is 12.9. The van der Waals surface area contributed by atoms with E-state index in [4.69, 9.17) is 4.74 Å².